The molecule has 31 heavy (non-hydrogen) atoms. The van der Waals surface area contributed by atoms with E-state index in [9.17, 15) is 9.59 Å². The Morgan fingerprint density at radius 2 is 1.84 bits per heavy atom. The van der Waals surface area contributed by atoms with Crippen LogP contribution in [0.25, 0.3) is 10.2 Å². The Balaban J connectivity index is 1.33. The van der Waals surface area contributed by atoms with Crippen LogP contribution in [0.1, 0.15) is 39.6 Å². The summed E-state index contributed by atoms with van der Waals surface area (Å²) in [5, 5.41) is 5.15. The summed E-state index contributed by atoms with van der Waals surface area (Å²) in [5.74, 6) is 0.890. The van der Waals surface area contributed by atoms with Gasteiger partial charge in [-0.25, -0.2) is 4.98 Å². The quantitative estimate of drug-likeness (QED) is 0.655. The first kappa shape index (κ1) is 21.7. The second-order valence-corrected chi connectivity index (χ2v) is 9.61. The highest BCUT2D eigenvalue weighted by Crippen LogP contribution is 2.25. The number of piperazine rings is 1. The summed E-state index contributed by atoms with van der Waals surface area (Å²) in [6, 6.07) is 0. The standard InChI is InChI=1S/C22H30N6O2S/c1-13-16(4)31-22-20(13)21(30)23-18(24-22)12-27-8-10-28(11-9-27)19(29)7-6-17-14(2)25-26(5)15(17)3/h6-12H2,1-5H3,(H,23,24,30). The molecule has 1 aliphatic rings. The lowest BCUT2D eigenvalue weighted by atomic mass is 10.1. The minimum Gasteiger partial charge on any atom is -0.340 e. The van der Waals surface area contributed by atoms with Gasteiger partial charge in [-0.05, 0) is 45.2 Å². The fraction of sp³-hybridized carbons (Fsp3) is 0.545. The number of rotatable bonds is 5. The van der Waals surface area contributed by atoms with E-state index in [0.717, 1.165) is 46.2 Å². The maximum Gasteiger partial charge on any atom is 0.259 e. The number of aryl methyl sites for hydroxylation is 4. The molecule has 0 atom stereocenters. The molecule has 0 bridgehead atoms. The van der Waals surface area contributed by atoms with Crippen LogP contribution in [0.2, 0.25) is 0 Å². The number of fused-ring (bicyclic) bond motifs is 1. The van der Waals surface area contributed by atoms with E-state index in [4.69, 9.17) is 0 Å². The maximum absolute atomic E-state index is 12.7. The van der Waals surface area contributed by atoms with Crippen molar-refractivity contribution in [3.05, 3.63) is 43.6 Å². The molecule has 1 saturated heterocycles. The van der Waals surface area contributed by atoms with Crippen LogP contribution < -0.4 is 5.56 Å². The summed E-state index contributed by atoms with van der Waals surface area (Å²) in [7, 11) is 1.94. The number of aromatic amines is 1. The number of hydrogen-bond acceptors (Lipinski definition) is 6. The predicted octanol–water partition coefficient (Wildman–Crippen LogP) is 2.23. The third-order valence-electron chi connectivity index (χ3n) is 6.43. The van der Waals surface area contributed by atoms with Crippen molar-refractivity contribution in [1.82, 2.24) is 29.5 Å². The number of hydrogen-bond donors (Lipinski definition) is 1. The van der Waals surface area contributed by atoms with Crippen LogP contribution in [0.15, 0.2) is 4.79 Å². The van der Waals surface area contributed by atoms with Gasteiger partial charge in [-0.1, -0.05) is 0 Å². The van der Waals surface area contributed by atoms with Gasteiger partial charge in [0.05, 0.1) is 17.6 Å². The smallest absolute Gasteiger partial charge is 0.259 e. The Morgan fingerprint density at radius 3 is 2.48 bits per heavy atom. The van der Waals surface area contributed by atoms with Crippen molar-refractivity contribution in [1.29, 1.82) is 0 Å². The molecule has 0 unspecified atom stereocenters. The van der Waals surface area contributed by atoms with E-state index in [0.29, 0.717) is 37.3 Å². The molecule has 1 aliphatic heterocycles. The summed E-state index contributed by atoms with van der Waals surface area (Å²) in [4.78, 5) is 39.0. The first-order chi connectivity index (χ1) is 14.7. The van der Waals surface area contributed by atoms with Crippen LogP contribution in [0, 0.1) is 27.7 Å². The molecule has 0 radical (unpaired) electrons. The molecular weight excluding hydrogens is 412 g/mol. The predicted molar refractivity (Wildman–Crippen MR) is 123 cm³/mol. The van der Waals surface area contributed by atoms with E-state index in [2.05, 4.69) is 20.0 Å². The van der Waals surface area contributed by atoms with Crippen LogP contribution in [-0.4, -0.2) is 61.6 Å². The number of H-pyrrole nitrogens is 1. The summed E-state index contributed by atoms with van der Waals surface area (Å²) in [5.41, 5.74) is 4.27. The van der Waals surface area contributed by atoms with Gasteiger partial charge in [-0.2, -0.15) is 5.10 Å². The molecule has 0 spiro atoms. The van der Waals surface area contributed by atoms with Crippen LogP contribution in [0.5, 0.6) is 0 Å². The number of carbonyl (C=O) groups is 1. The van der Waals surface area contributed by atoms with Gasteiger partial charge in [0.1, 0.15) is 10.7 Å². The molecule has 1 N–H and O–H groups in total. The molecule has 1 fully saturated rings. The number of nitrogens with zero attached hydrogens (tertiary/aromatic N) is 5. The van der Waals surface area contributed by atoms with Crippen molar-refractivity contribution in [3.63, 3.8) is 0 Å². The van der Waals surface area contributed by atoms with E-state index in [1.165, 1.54) is 5.56 Å². The van der Waals surface area contributed by atoms with Gasteiger partial charge in [0.25, 0.3) is 5.56 Å². The first-order valence-electron chi connectivity index (χ1n) is 10.7. The second-order valence-electron chi connectivity index (χ2n) is 8.41. The largest absolute Gasteiger partial charge is 0.340 e. The van der Waals surface area contributed by atoms with Gasteiger partial charge in [0, 0.05) is 50.2 Å². The van der Waals surface area contributed by atoms with Crippen LogP contribution >= 0.6 is 11.3 Å². The van der Waals surface area contributed by atoms with Crippen LogP contribution in [-0.2, 0) is 24.8 Å². The second kappa shape index (κ2) is 8.55. The number of carbonyl (C=O) groups excluding carboxylic acids is 1. The maximum atomic E-state index is 12.7. The molecule has 0 aliphatic carbocycles. The lowest BCUT2D eigenvalue weighted by Crippen LogP contribution is -2.48. The van der Waals surface area contributed by atoms with E-state index in [1.807, 2.05) is 44.3 Å². The SMILES string of the molecule is Cc1nn(C)c(C)c1CCC(=O)N1CCN(Cc2nc3sc(C)c(C)c3c(=O)[nH]2)CC1. The van der Waals surface area contributed by atoms with E-state index in [-0.39, 0.29) is 11.5 Å². The molecular formula is C22H30N6O2S. The molecule has 8 nitrogen and oxygen atoms in total. The van der Waals surface area contributed by atoms with Crippen molar-refractivity contribution in [2.24, 2.45) is 7.05 Å². The fourth-order valence-corrected chi connectivity index (χ4v) is 5.36. The monoisotopic (exact) mass is 442 g/mol. The Bertz CT molecular complexity index is 1180. The third-order valence-corrected chi connectivity index (χ3v) is 7.54. The molecule has 9 heteroatoms. The van der Waals surface area contributed by atoms with Crippen molar-refractivity contribution < 1.29 is 4.79 Å². The molecule has 166 valence electrons. The number of aromatic nitrogens is 4. The van der Waals surface area contributed by atoms with Gasteiger partial charge in [0.15, 0.2) is 0 Å². The third kappa shape index (κ3) is 4.29. The highest BCUT2D eigenvalue weighted by Gasteiger charge is 2.23. The Morgan fingerprint density at radius 1 is 1.13 bits per heavy atom. The van der Waals surface area contributed by atoms with Gasteiger partial charge >= 0.3 is 0 Å². The molecule has 4 rings (SSSR count). The molecule has 0 saturated carbocycles. The molecule has 3 aromatic heterocycles. The van der Waals surface area contributed by atoms with Crippen molar-refractivity contribution >= 4 is 27.5 Å². The van der Waals surface area contributed by atoms with E-state index >= 15 is 0 Å². The number of nitrogens with one attached hydrogen (secondary N) is 1. The topological polar surface area (TPSA) is 87.1 Å². The van der Waals surface area contributed by atoms with E-state index in [1.54, 1.807) is 11.3 Å². The highest BCUT2D eigenvalue weighted by molar-refractivity contribution is 7.18. The lowest BCUT2D eigenvalue weighted by Gasteiger charge is -2.34. The van der Waals surface area contributed by atoms with Crippen molar-refractivity contribution in [3.8, 4) is 0 Å². The molecule has 3 aromatic rings. The van der Waals surface area contributed by atoms with Crippen LogP contribution in [0.4, 0.5) is 0 Å². The zero-order valence-corrected chi connectivity index (χ0v) is 19.7. The summed E-state index contributed by atoms with van der Waals surface area (Å²) in [6.07, 6.45) is 1.24. The summed E-state index contributed by atoms with van der Waals surface area (Å²) in [6.45, 7) is 11.6. The summed E-state index contributed by atoms with van der Waals surface area (Å²) >= 11 is 1.57. The molecule has 0 aromatic carbocycles. The lowest BCUT2D eigenvalue weighted by molar-refractivity contribution is -0.133. The highest BCUT2D eigenvalue weighted by atomic mass is 32.1. The van der Waals surface area contributed by atoms with Gasteiger partial charge in [-0.15, -0.1) is 11.3 Å². The number of thiophene rings is 1. The zero-order chi connectivity index (χ0) is 22.3. The van der Waals surface area contributed by atoms with Gasteiger partial charge in [-0.3, -0.25) is 19.2 Å². The first-order valence-corrected chi connectivity index (χ1v) is 11.5. The molecule has 1 amide bonds. The Labute approximate surface area is 185 Å². The molecule has 4 heterocycles. The fourth-order valence-electron chi connectivity index (χ4n) is 4.31. The van der Waals surface area contributed by atoms with Crippen molar-refractivity contribution in [2.75, 3.05) is 26.2 Å². The average Bonchev–Trinajstić information content (AvgIpc) is 3.15. The van der Waals surface area contributed by atoms with E-state index < -0.39 is 0 Å². The normalized spacial score (nSPS) is 15.2. The Kier molecular flexibility index (Phi) is 5.98. The van der Waals surface area contributed by atoms with Crippen molar-refractivity contribution in [2.45, 2.75) is 47.1 Å². The minimum absolute atomic E-state index is 0.0587. The van der Waals surface area contributed by atoms with Gasteiger partial charge in [0.2, 0.25) is 5.91 Å². The Hall–Kier alpha value is -2.52. The summed E-state index contributed by atoms with van der Waals surface area (Å²) < 4.78 is 1.88. The number of amides is 1. The average molecular weight is 443 g/mol. The minimum atomic E-state index is -0.0587. The van der Waals surface area contributed by atoms with Crippen LogP contribution in [0.3, 0.4) is 0 Å². The zero-order valence-electron chi connectivity index (χ0n) is 18.9. The van der Waals surface area contributed by atoms with Gasteiger partial charge < -0.3 is 9.88 Å².